The summed E-state index contributed by atoms with van der Waals surface area (Å²) < 4.78 is 50.2. The molecule has 3 aromatic rings. The van der Waals surface area contributed by atoms with Gasteiger partial charge in [-0.2, -0.15) is 18.4 Å². The molecule has 0 radical (unpaired) electrons. The van der Waals surface area contributed by atoms with Gasteiger partial charge in [-0.05, 0) is 49.6 Å². The first-order valence-electron chi connectivity index (χ1n) is 12.8. The zero-order valence-electron chi connectivity index (χ0n) is 21.1. The average Bonchev–Trinajstić information content (AvgIpc) is 3.48. The lowest BCUT2D eigenvalue weighted by molar-refractivity contribution is -0.131. The van der Waals surface area contributed by atoms with Gasteiger partial charge in [0.1, 0.15) is 5.75 Å². The maximum absolute atomic E-state index is 13.9. The molecule has 3 aromatic carbocycles. The molecule has 6 nitrogen and oxygen atoms in total. The molecular weight excluding hydrogens is 509 g/mol. The van der Waals surface area contributed by atoms with Crippen molar-refractivity contribution in [2.75, 3.05) is 11.5 Å². The monoisotopic (exact) mass is 534 g/mol. The van der Waals surface area contributed by atoms with Crippen LogP contribution in [-0.2, 0) is 20.7 Å². The van der Waals surface area contributed by atoms with Gasteiger partial charge in [0, 0.05) is 17.2 Å². The number of benzene rings is 3. The van der Waals surface area contributed by atoms with Gasteiger partial charge in [-0.25, -0.2) is 4.90 Å². The number of nitriles is 1. The van der Waals surface area contributed by atoms with Crippen LogP contribution >= 0.6 is 0 Å². The second-order valence-electron chi connectivity index (χ2n) is 10.8. The third-order valence-corrected chi connectivity index (χ3v) is 8.40. The van der Waals surface area contributed by atoms with Crippen LogP contribution in [0.4, 0.5) is 18.9 Å². The Morgan fingerprint density at radius 2 is 1.69 bits per heavy atom. The first-order chi connectivity index (χ1) is 18.6. The van der Waals surface area contributed by atoms with E-state index in [2.05, 4.69) is 6.07 Å². The fourth-order valence-corrected chi connectivity index (χ4v) is 6.70. The quantitative estimate of drug-likeness (QED) is 0.379. The van der Waals surface area contributed by atoms with E-state index in [0.29, 0.717) is 47.0 Å². The Balaban J connectivity index is 1.24. The van der Waals surface area contributed by atoms with E-state index in [1.54, 1.807) is 30.3 Å². The lowest BCUT2D eigenvalue weighted by Crippen LogP contribution is -2.43. The third kappa shape index (κ3) is 4.05. The Morgan fingerprint density at radius 1 is 1.00 bits per heavy atom. The predicted molar refractivity (Wildman–Crippen MR) is 136 cm³/mol. The predicted octanol–water partition coefficient (Wildman–Crippen LogP) is 5.71. The molecule has 0 spiro atoms. The molecule has 39 heavy (non-hydrogen) atoms. The number of hydrogen-bond acceptors (Lipinski definition) is 5. The van der Waals surface area contributed by atoms with Crippen molar-refractivity contribution in [3.05, 3.63) is 71.8 Å². The van der Waals surface area contributed by atoms with Gasteiger partial charge < -0.3 is 9.47 Å². The number of ether oxygens (including phenoxy) is 2. The summed E-state index contributed by atoms with van der Waals surface area (Å²) in [5.41, 5.74) is -0.591. The lowest BCUT2D eigenvalue weighted by Gasteiger charge is -2.31. The fourth-order valence-electron chi connectivity index (χ4n) is 6.70. The first-order valence-corrected chi connectivity index (χ1v) is 12.8. The molecule has 0 aromatic heterocycles. The topological polar surface area (TPSA) is 79.6 Å². The number of hydrogen-bond donors (Lipinski definition) is 0. The number of carbonyl (C=O) groups is 2. The van der Waals surface area contributed by atoms with Gasteiger partial charge in [-0.1, -0.05) is 36.4 Å². The van der Waals surface area contributed by atoms with Crippen LogP contribution in [0.3, 0.4) is 0 Å². The first kappa shape index (κ1) is 25.4. The number of imide groups is 1. The highest BCUT2D eigenvalue weighted by Crippen LogP contribution is 2.62. The molecule has 0 aliphatic carbocycles. The molecule has 9 heteroatoms. The highest BCUT2D eigenvalue weighted by Gasteiger charge is 2.73. The third-order valence-electron chi connectivity index (χ3n) is 8.40. The van der Waals surface area contributed by atoms with Crippen molar-refractivity contribution in [1.82, 2.24) is 0 Å². The van der Waals surface area contributed by atoms with E-state index in [9.17, 15) is 28.0 Å². The standard InChI is InChI=1S/C30H25F3N2O4/c1-28-12-13-29(39-28,14-15-38-20-9-6-18(7-10-20)16-30(31,32)33)25-24(28)26(36)35(27(25)37)23-11-8-19(17-34)21-4-2-3-5-22(21)23/h2-11,24-25H,12-16H2,1H3/t24-,25+,28-,29-/m1/s1. The number of amides is 2. The van der Waals surface area contributed by atoms with Gasteiger partial charge in [-0.15, -0.1) is 0 Å². The lowest BCUT2D eigenvalue weighted by atomic mass is 9.67. The van der Waals surface area contributed by atoms with Crippen molar-refractivity contribution < 1.29 is 32.2 Å². The highest BCUT2D eigenvalue weighted by molar-refractivity contribution is 6.26. The second-order valence-corrected chi connectivity index (χ2v) is 10.8. The molecule has 3 aliphatic heterocycles. The van der Waals surface area contributed by atoms with Gasteiger partial charge in [0.15, 0.2) is 0 Å². The summed E-state index contributed by atoms with van der Waals surface area (Å²) in [6.45, 7) is 2.06. The molecule has 0 N–H and O–H groups in total. The molecule has 6 rings (SSSR count). The van der Waals surface area contributed by atoms with Crippen LogP contribution < -0.4 is 9.64 Å². The average molecular weight is 535 g/mol. The number of halogens is 3. The zero-order valence-corrected chi connectivity index (χ0v) is 21.1. The van der Waals surface area contributed by atoms with E-state index >= 15 is 0 Å². The molecule has 3 heterocycles. The number of nitrogens with zero attached hydrogens (tertiary/aromatic N) is 2. The largest absolute Gasteiger partial charge is 0.493 e. The van der Waals surface area contributed by atoms with Gasteiger partial charge in [-0.3, -0.25) is 9.59 Å². The number of alkyl halides is 3. The minimum atomic E-state index is -4.28. The maximum atomic E-state index is 13.9. The summed E-state index contributed by atoms with van der Waals surface area (Å²) in [4.78, 5) is 29.0. The Morgan fingerprint density at radius 3 is 2.38 bits per heavy atom. The summed E-state index contributed by atoms with van der Waals surface area (Å²) in [5.74, 6) is -1.50. The molecule has 0 unspecified atom stereocenters. The van der Waals surface area contributed by atoms with Gasteiger partial charge >= 0.3 is 6.18 Å². The fraction of sp³-hybridized carbons (Fsp3) is 0.367. The summed E-state index contributed by atoms with van der Waals surface area (Å²) in [5, 5.41) is 10.9. The van der Waals surface area contributed by atoms with Gasteiger partial charge in [0.05, 0.1) is 53.4 Å². The zero-order chi connectivity index (χ0) is 27.6. The van der Waals surface area contributed by atoms with E-state index in [4.69, 9.17) is 9.47 Å². The van der Waals surface area contributed by atoms with Crippen molar-refractivity contribution in [1.29, 1.82) is 5.26 Å². The number of carbonyl (C=O) groups excluding carboxylic acids is 2. The molecule has 3 fully saturated rings. The van der Waals surface area contributed by atoms with Crippen LogP contribution in [0.2, 0.25) is 0 Å². The van der Waals surface area contributed by atoms with Gasteiger partial charge in [0.2, 0.25) is 11.8 Å². The summed E-state index contributed by atoms with van der Waals surface area (Å²) in [6, 6.07) is 18.4. The van der Waals surface area contributed by atoms with Crippen LogP contribution in [-0.4, -0.2) is 35.8 Å². The minimum Gasteiger partial charge on any atom is -0.493 e. The number of fused-ring (bicyclic) bond motifs is 6. The Labute approximate surface area is 222 Å². The van der Waals surface area contributed by atoms with E-state index in [1.807, 2.05) is 13.0 Å². The Bertz CT molecular complexity index is 1530. The summed E-state index contributed by atoms with van der Waals surface area (Å²) >= 11 is 0. The van der Waals surface area contributed by atoms with Crippen molar-refractivity contribution in [3.8, 4) is 11.8 Å². The minimum absolute atomic E-state index is 0.146. The normalized spacial score (nSPS) is 27.7. The molecule has 2 bridgehead atoms. The van der Waals surface area contributed by atoms with Crippen molar-refractivity contribution in [2.24, 2.45) is 11.8 Å². The van der Waals surface area contributed by atoms with Crippen LogP contribution in [0.1, 0.15) is 37.3 Å². The van der Waals surface area contributed by atoms with Crippen LogP contribution in [0.25, 0.3) is 10.8 Å². The molecule has 0 saturated carbocycles. The highest BCUT2D eigenvalue weighted by atomic mass is 19.4. The SMILES string of the molecule is C[C@]12CC[C@](CCOc3ccc(CC(F)(F)F)cc3)(O1)[C@@H]1C(=O)N(c3ccc(C#N)c4ccccc34)C(=O)[C@@H]12. The molecular formula is C30H25F3N2O4. The van der Waals surface area contributed by atoms with Gasteiger partial charge in [0.25, 0.3) is 0 Å². The molecule has 3 saturated heterocycles. The van der Waals surface area contributed by atoms with Crippen molar-refractivity contribution in [2.45, 2.75) is 50.0 Å². The summed E-state index contributed by atoms with van der Waals surface area (Å²) in [7, 11) is 0. The van der Waals surface area contributed by atoms with Crippen LogP contribution in [0.15, 0.2) is 60.7 Å². The van der Waals surface area contributed by atoms with E-state index in [-0.39, 0.29) is 24.0 Å². The smallest absolute Gasteiger partial charge is 0.393 e. The van der Waals surface area contributed by atoms with Crippen LogP contribution in [0.5, 0.6) is 5.75 Å². The number of rotatable bonds is 6. The second kappa shape index (κ2) is 8.82. The van der Waals surface area contributed by atoms with Crippen LogP contribution in [0, 0.1) is 23.2 Å². The molecule has 3 aliphatic rings. The number of anilines is 1. The molecule has 2 amide bonds. The molecule has 4 atom stereocenters. The Hall–Kier alpha value is -3.90. The van der Waals surface area contributed by atoms with E-state index in [0.717, 1.165) is 0 Å². The Kier molecular flexibility index (Phi) is 5.74. The maximum Gasteiger partial charge on any atom is 0.393 e. The summed E-state index contributed by atoms with van der Waals surface area (Å²) in [6.07, 6.45) is -3.71. The van der Waals surface area contributed by atoms with E-state index in [1.165, 1.54) is 29.2 Å². The van der Waals surface area contributed by atoms with Crippen molar-refractivity contribution in [3.63, 3.8) is 0 Å². The van der Waals surface area contributed by atoms with E-state index < -0.39 is 35.6 Å². The van der Waals surface area contributed by atoms with Crippen molar-refractivity contribution >= 4 is 28.3 Å². The molecule has 200 valence electrons.